The number of hydrogen-bond donors (Lipinski definition) is 1. The van der Waals surface area contributed by atoms with Crippen LogP contribution in [0.15, 0.2) is 102 Å². The molecular weight excluding hydrogens is 645 g/mol. The number of benzene rings is 4. The number of nitrogens with zero attached hydrogens (tertiary/aromatic N) is 2. The molecule has 2 amide bonds. The van der Waals surface area contributed by atoms with Crippen LogP contribution in [-0.2, 0) is 32.6 Å². The number of anilines is 1. The number of carbonyl (C=O) groups is 2. The minimum atomic E-state index is -4.32. The molecule has 0 aliphatic carbocycles. The van der Waals surface area contributed by atoms with Crippen molar-refractivity contribution in [2.75, 3.05) is 24.5 Å². The average Bonchev–Trinajstić information content (AvgIpc) is 3.04. The van der Waals surface area contributed by atoms with Crippen molar-refractivity contribution >= 4 is 50.7 Å². The lowest BCUT2D eigenvalue weighted by Crippen LogP contribution is -2.53. The number of halogens is 2. The number of sulfonamides is 1. The van der Waals surface area contributed by atoms with Crippen LogP contribution in [0.1, 0.15) is 30.0 Å². The molecule has 0 aliphatic heterocycles. The van der Waals surface area contributed by atoms with Crippen molar-refractivity contribution in [3.8, 4) is 5.75 Å². The Labute approximate surface area is 280 Å². The van der Waals surface area contributed by atoms with E-state index in [1.54, 1.807) is 48.5 Å². The first kappa shape index (κ1) is 34.8. The second-order valence-electron chi connectivity index (χ2n) is 10.8. The third-order valence-electron chi connectivity index (χ3n) is 7.36. The zero-order valence-corrected chi connectivity index (χ0v) is 28.3. The van der Waals surface area contributed by atoms with E-state index in [2.05, 4.69) is 5.32 Å². The van der Waals surface area contributed by atoms with Crippen molar-refractivity contribution in [1.82, 2.24) is 10.2 Å². The molecule has 0 saturated carbocycles. The zero-order valence-electron chi connectivity index (χ0n) is 26.0. The second-order valence-corrected chi connectivity index (χ2v) is 13.5. The molecule has 1 N–H and O–H groups in total. The molecule has 0 aliphatic rings. The van der Waals surface area contributed by atoms with Crippen LogP contribution in [0.3, 0.4) is 0 Å². The maximum atomic E-state index is 14.6. The van der Waals surface area contributed by atoms with Crippen molar-refractivity contribution in [3.63, 3.8) is 0 Å². The third-order valence-corrected chi connectivity index (χ3v) is 9.60. The topological polar surface area (TPSA) is 96.0 Å². The molecule has 0 saturated heterocycles. The molecule has 1 atom stereocenters. The molecule has 1 unspecified atom stereocenters. The van der Waals surface area contributed by atoms with Crippen molar-refractivity contribution in [2.24, 2.45) is 0 Å². The monoisotopic (exact) mass is 681 g/mol. The highest BCUT2D eigenvalue weighted by molar-refractivity contribution is 7.92. The van der Waals surface area contributed by atoms with Gasteiger partial charge in [0.15, 0.2) is 0 Å². The molecule has 11 heteroatoms. The van der Waals surface area contributed by atoms with Gasteiger partial charge in [-0.25, -0.2) is 8.42 Å². The van der Waals surface area contributed by atoms with Gasteiger partial charge in [0.05, 0.1) is 17.7 Å². The maximum absolute atomic E-state index is 14.6. The summed E-state index contributed by atoms with van der Waals surface area (Å²) in [6, 6.07) is 26.3. The lowest BCUT2D eigenvalue weighted by Gasteiger charge is -2.34. The van der Waals surface area contributed by atoms with Crippen LogP contribution in [0, 0.1) is 6.92 Å². The maximum Gasteiger partial charge on any atom is 0.264 e. The van der Waals surface area contributed by atoms with Crippen LogP contribution in [0.5, 0.6) is 5.75 Å². The molecule has 0 aromatic heterocycles. The number of carbonyl (C=O) groups excluding carboxylic acids is 2. The molecule has 0 spiro atoms. The molecule has 4 rings (SSSR count). The van der Waals surface area contributed by atoms with Gasteiger partial charge in [-0.05, 0) is 66.9 Å². The highest BCUT2D eigenvalue weighted by atomic mass is 35.5. The number of methoxy groups -OCH3 is 1. The summed E-state index contributed by atoms with van der Waals surface area (Å²) in [5.41, 5.74) is 2.47. The van der Waals surface area contributed by atoms with Gasteiger partial charge in [0.2, 0.25) is 11.8 Å². The van der Waals surface area contributed by atoms with Crippen LogP contribution >= 0.6 is 23.2 Å². The molecule has 0 heterocycles. The number of hydrogen-bond acceptors (Lipinski definition) is 5. The molecule has 0 bridgehead atoms. The minimum Gasteiger partial charge on any atom is -0.495 e. The average molecular weight is 683 g/mol. The van der Waals surface area contributed by atoms with E-state index in [1.807, 2.05) is 44.2 Å². The molecule has 242 valence electrons. The first-order valence-electron chi connectivity index (χ1n) is 14.8. The summed E-state index contributed by atoms with van der Waals surface area (Å²) in [5.74, 6) is -0.754. The van der Waals surface area contributed by atoms with Crippen LogP contribution in [-0.4, -0.2) is 51.4 Å². The molecule has 46 heavy (non-hydrogen) atoms. The van der Waals surface area contributed by atoms with E-state index in [-0.39, 0.29) is 40.2 Å². The normalized spacial score (nSPS) is 11.8. The van der Waals surface area contributed by atoms with Crippen LogP contribution in [0.4, 0.5) is 5.69 Å². The van der Waals surface area contributed by atoms with E-state index < -0.39 is 28.5 Å². The smallest absolute Gasteiger partial charge is 0.264 e. The standard InChI is InChI=1S/C35H37Cl2N3O5S/c1-4-19-38-35(42)32(21-26-9-6-5-7-10-26)39(23-27-11-8-12-28(36)20-27)34(41)24-40(31-22-29(37)15-18-33(31)45-3)46(43,44)30-16-13-25(2)14-17-30/h5-18,20,22,32H,4,19,21,23-24H2,1-3H3,(H,38,42). The fourth-order valence-corrected chi connectivity index (χ4v) is 6.76. The Morgan fingerprint density at radius 2 is 1.54 bits per heavy atom. The van der Waals surface area contributed by atoms with E-state index in [0.29, 0.717) is 23.6 Å². The lowest BCUT2D eigenvalue weighted by molar-refractivity contribution is -0.140. The Balaban J connectivity index is 1.85. The summed E-state index contributed by atoms with van der Waals surface area (Å²) in [5, 5.41) is 3.65. The zero-order chi connectivity index (χ0) is 33.3. The Bertz CT molecular complexity index is 1750. The van der Waals surface area contributed by atoms with Gasteiger partial charge in [-0.1, -0.05) is 90.3 Å². The van der Waals surface area contributed by atoms with E-state index >= 15 is 0 Å². The van der Waals surface area contributed by atoms with E-state index in [4.69, 9.17) is 27.9 Å². The summed E-state index contributed by atoms with van der Waals surface area (Å²) in [4.78, 5) is 29.7. The molecule has 4 aromatic rings. The Morgan fingerprint density at radius 1 is 0.870 bits per heavy atom. The van der Waals surface area contributed by atoms with Gasteiger partial charge in [0.1, 0.15) is 18.3 Å². The van der Waals surface area contributed by atoms with E-state index in [0.717, 1.165) is 15.4 Å². The highest BCUT2D eigenvalue weighted by Crippen LogP contribution is 2.35. The van der Waals surface area contributed by atoms with Crippen molar-refractivity contribution in [3.05, 3.63) is 124 Å². The van der Waals surface area contributed by atoms with Gasteiger partial charge in [0.25, 0.3) is 10.0 Å². The summed E-state index contributed by atoms with van der Waals surface area (Å²) in [6.07, 6.45) is 0.900. The van der Waals surface area contributed by atoms with Crippen molar-refractivity contribution in [2.45, 2.75) is 44.2 Å². The molecule has 0 fully saturated rings. The Morgan fingerprint density at radius 3 is 2.20 bits per heavy atom. The number of rotatable bonds is 14. The van der Waals surface area contributed by atoms with E-state index in [9.17, 15) is 18.0 Å². The molecule has 4 aromatic carbocycles. The van der Waals surface area contributed by atoms with Gasteiger partial charge in [-0.3, -0.25) is 13.9 Å². The van der Waals surface area contributed by atoms with Gasteiger partial charge in [-0.2, -0.15) is 0 Å². The predicted molar refractivity (Wildman–Crippen MR) is 183 cm³/mol. The summed E-state index contributed by atoms with van der Waals surface area (Å²) >= 11 is 12.7. The second kappa shape index (κ2) is 16.0. The first-order valence-corrected chi connectivity index (χ1v) is 17.0. The van der Waals surface area contributed by atoms with Crippen LogP contribution in [0.25, 0.3) is 0 Å². The van der Waals surface area contributed by atoms with Gasteiger partial charge in [0, 0.05) is 29.6 Å². The van der Waals surface area contributed by atoms with Gasteiger partial charge >= 0.3 is 0 Å². The molecule has 8 nitrogen and oxygen atoms in total. The van der Waals surface area contributed by atoms with Gasteiger partial charge in [-0.15, -0.1) is 0 Å². The minimum absolute atomic E-state index is 0.00153. The highest BCUT2D eigenvalue weighted by Gasteiger charge is 2.35. The summed E-state index contributed by atoms with van der Waals surface area (Å²) in [7, 11) is -2.91. The van der Waals surface area contributed by atoms with Crippen molar-refractivity contribution in [1.29, 1.82) is 0 Å². The van der Waals surface area contributed by atoms with Gasteiger partial charge < -0.3 is 15.0 Å². The fourth-order valence-electron chi connectivity index (χ4n) is 4.96. The summed E-state index contributed by atoms with van der Waals surface area (Å²) < 4.78 is 35.1. The largest absolute Gasteiger partial charge is 0.495 e. The molecule has 0 radical (unpaired) electrons. The number of ether oxygens (including phenoxy) is 1. The number of amides is 2. The Hall–Kier alpha value is -4.05. The van der Waals surface area contributed by atoms with E-state index in [1.165, 1.54) is 30.2 Å². The van der Waals surface area contributed by atoms with Crippen molar-refractivity contribution < 1.29 is 22.7 Å². The Kier molecular flexibility index (Phi) is 12.1. The SMILES string of the molecule is CCCNC(=O)C(Cc1ccccc1)N(Cc1cccc(Cl)c1)C(=O)CN(c1cc(Cl)ccc1OC)S(=O)(=O)c1ccc(C)cc1. The number of aryl methyl sites for hydroxylation is 1. The van der Waals surface area contributed by atoms with Crippen LogP contribution < -0.4 is 14.4 Å². The fraction of sp³-hybridized carbons (Fsp3) is 0.257. The quantitative estimate of drug-likeness (QED) is 0.160. The van der Waals surface area contributed by atoms with Crippen LogP contribution in [0.2, 0.25) is 10.0 Å². The summed E-state index contributed by atoms with van der Waals surface area (Å²) in [6.45, 7) is 3.56. The predicted octanol–water partition coefficient (Wildman–Crippen LogP) is 6.67. The number of nitrogens with one attached hydrogen (secondary N) is 1. The molecular formula is C35H37Cl2N3O5S. The first-order chi connectivity index (χ1) is 22.0. The lowest BCUT2D eigenvalue weighted by atomic mass is 10.0. The third kappa shape index (κ3) is 8.81.